The summed E-state index contributed by atoms with van der Waals surface area (Å²) in [5.74, 6) is 0. The summed E-state index contributed by atoms with van der Waals surface area (Å²) in [6.07, 6.45) is 8.70. The molecule has 11 aromatic rings. The number of aromatic nitrogens is 4. The van der Waals surface area contributed by atoms with Crippen molar-refractivity contribution in [3.05, 3.63) is 217 Å². The van der Waals surface area contributed by atoms with Gasteiger partial charge in [0.25, 0.3) is 0 Å². The van der Waals surface area contributed by atoms with Gasteiger partial charge in [-0.25, -0.2) is 9.97 Å². The SMILES string of the molecule is C1=Cc2nc1c(-c1ccc3ccccc3c1)c1ccc([nH]1)c(-c1ccc3ccccc3c1)c1nc(c(-c3ccc4ccccc4c3)c3ccc([nH]3)c2-c2ccc3ccccc3c2)C=C1. The Bertz CT molecular complexity index is 3470. The predicted octanol–water partition coefficient (Wildman–Crippen LogP) is 15.9. The molecule has 2 aliphatic heterocycles. The number of aromatic amines is 2. The summed E-state index contributed by atoms with van der Waals surface area (Å²) >= 11 is 0. The van der Waals surface area contributed by atoms with Gasteiger partial charge in [-0.2, -0.15) is 0 Å². The minimum atomic E-state index is 0.889. The number of rotatable bonds is 4. The third-order valence-corrected chi connectivity index (χ3v) is 12.9. The Balaban J connectivity index is 1.19. The normalized spacial score (nSPS) is 12.2. The zero-order valence-electron chi connectivity index (χ0n) is 34.7. The Morgan fingerprint density at radius 3 is 0.719 bits per heavy atom. The number of nitrogens with zero attached hydrogens (tertiary/aromatic N) is 2. The second kappa shape index (κ2) is 14.5. The summed E-state index contributed by atoms with van der Waals surface area (Å²) in [7, 11) is 0. The van der Waals surface area contributed by atoms with E-state index in [1.165, 1.54) is 43.1 Å². The van der Waals surface area contributed by atoms with E-state index in [2.05, 4.69) is 228 Å². The van der Waals surface area contributed by atoms with Crippen LogP contribution < -0.4 is 0 Å². The third-order valence-electron chi connectivity index (χ3n) is 12.9. The van der Waals surface area contributed by atoms with Crippen LogP contribution in [0.1, 0.15) is 22.8 Å². The Kier molecular flexibility index (Phi) is 8.18. The highest BCUT2D eigenvalue weighted by atomic mass is 14.8. The molecule has 2 N–H and O–H groups in total. The Labute approximate surface area is 369 Å². The average molecular weight is 815 g/mol. The quantitative estimate of drug-likeness (QED) is 0.186. The lowest BCUT2D eigenvalue weighted by Crippen LogP contribution is -1.90. The number of fused-ring (bicyclic) bond motifs is 12. The van der Waals surface area contributed by atoms with E-state index in [-0.39, 0.29) is 0 Å². The minimum absolute atomic E-state index is 0.889. The molecule has 298 valence electrons. The van der Waals surface area contributed by atoms with Crippen LogP contribution in [-0.4, -0.2) is 19.9 Å². The number of hydrogen-bond donors (Lipinski definition) is 2. The topological polar surface area (TPSA) is 57.4 Å². The van der Waals surface area contributed by atoms with Crippen LogP contribution >= 0.6 is 0 Å². The summed E-state index contributed by atoms with van der Waals surface area (Å²) in [5.41, 5.74) is 15.9. The number of benzene rings is 8. The van der Waals surface area contributed by atoms with E-state index in [4.69, 9.17) is 9.97 Å². The fourth-order valence-electron chi connectivity index (χ4n) is 9.80. The summed E-state index contributed by atoms with van der Waals surface area (Å²) < 4.78 is 0. The Morgan fingerprint density at radius 1 is 0.234 bits per heavy atom. The molecular weight excluding hydrogens is 777 g/mol. The molecule has 8 aromatic carbocycles. The molecule has 5 heterocycles. The zero-order chi connectivity index (χ0) is 42.1. The van der Waals surface area contributed by atoms with Crippen molar-refractivity contribution < 1.29 is 0 Å². The summed E-state index contributed by atoms with van der Waals surface area (Å²) in [6.45, 7) is 0. The zero-order valence-corrected chi connectivity index (χ0v) is 34.7. The van der Waals surface area contributed by atoms with Gasteiger partial charge in [0.2, 0.25) is 0 Å². The van der Waals surface area contributed by atoms with Crippen LogP contribution in [0.5, 0.6) is 0 Å². The van der Waals surface area contributed by atoms with Gasteiger partial charge in [-0.3, -0.25) is 0 Å². The lowest BCUT2D eigenvalue weighted by atomic mass is 9.99. The van der Waals surface area contributed by atoms with Crippen LogP contribution in [0.15, 0.2) is 194 Å². The molecule has 4 heteroatoms. The Hall–Kier alpha value is -8.60. The van der Waals surface area contributed by atoms with E-state index in [9.17, 15) is 0 Å². The van der Waals surface area contributed by atoms with Crippen molar-refractivity contribution in [1.29, 1.82) is 0 Å². The van der Waals surface area contributed by atoms with Gasteiger partial charge in [-0.05, 0) is 138 Å². The van der Waals surface area contributed by atoms with Crippen LogP contribution in [0.2, 0.25) is 0 Å². The second-order valence-electron chi connectivity index (χ2n) is 16.8. The summed E-state index contributed by atoms with van der Waals surface area (Å²) in [4.78, 5) is 19.0. The van der Waals surface area contributed by atoms with Crippen molar-refractivity contribution in [3.63, 3.8) is 0 Å². The minimum Gasteiger partial charge on any atom is -0.354 e. The van der Waals surface area contributed by atoms with Crippen molar-refractivity contribution in [2.45, 2.75) is 0 Å². The highest BCUT2D eigenvalue weighted by Gasteiger charge is 2.20. The smallest absolute Gasteiger partial charge is 0.0737 e. The van der Waals surface area contributed by atoms with E-state index in [1.54, 1.807) is 0 Å². The maximum absolute atomic E-state index is 5.58. The first kappa shape index (κ1) is 36.1. The molecule has 8 bridgehead atoms. The molecule has 64 heavy (non-hydrogen) atoms. The van der Waals surface area contributed by atoms with Gasteiger partial charge >= 0.3 is 0 Å². The molecule has 0 radical (unpaired) electrons. The molecule has 0 aliphatic carbocycles. The number of nitrogens with one attached hydrogen (secondary N) is 2. The standard InChI is InChI=1S/C60H38N4/c1-5-13-41-33-45(21-17-37(41)9-1)57-49-25-27-51(61-49)58(46-22-18-38-10-2-6-14-42(38)34-46)53-29-31-55(63-53)60(48-24-20-40-12-4-8-16-44(40)36-48)56-32-30-54(64-56)59(52-28-26-50(57)62-52)47-23-19-39-11-3-7-15-43(39)35-47/h1-36,61,64H. The first-order valence-electron chi connectivity index (χ1n) is 21.8. The first-order valence-corrected chi connectivity index (χ1v) is 21.8. The maximum Gasteiger partial charge on any atom is 0.0737 e. The fraction of sp³-hybridized carbons (Fsp3) is 0. The fourth-order valence-corrected chi connectivity index (χ4v) is 9.80. The van der Waals surface area contributed by atoms with Crippen molar-refractivity contribution >= 4 is 89.5 Å². The third kappa shape index (κ3) is 6.07. The molecule has 0 amide bonds. The maximum atomic E-state index is 5.58. The molecule has 0 unspecified atom stereocenters. The van der Waals surface area contributed by atoms with Crippen molar-refractivity contribution in [2.75, 3.05) is 0 Å². The Morgan fingerprint density at radius 2 is 0.469 bits per heavy atom. The van der Waals surface area contributed by atoms with E-state index in [1.807, 2.05) is 0 Å². The molecule has 0 saturated heterocycles. The van der Waals surface area contributed by atoms with E-state index in [0.717, 1.165) is 89.4 Å². The predicted molar refractivity (Wildman–Crippen MR) is 271 cm³/mol. The van der Waals surface area contributed by atoms with Gasteiger partial charge in [-0.15, -0.1) is 0 Å². The number of H-pyrrole nitrogens is 2. The molecule has 13 rings (SSSR count). The highest BCUT2D eigenvalue weighted by molar-refractivity contribution is 6.03. The van der Waals surface area contributed by atoms with Gasteiger partial charge < -0.3 is 9.97 Å². The van der Waals surface area contributed by atoms with Gasteiger partial charge in [0, 0.05) is 44.3 Å². The lowest BCUT2D eigenvalue weighted by molar-refractivity contribution is 1.31. The average Bonchev–Trinajstić information content (AvgIpc) is 4.20. The molecule has 0 saturated carbocycles. The molecule has 0 spiro atoms. The molecule has 2 aliphatic rings. The monoisotopic (exact) mass is 814 g/mol. The lowest BCUT2D eigenvalue weighted by Gasteiger charge is -2.09. The van der Waals surface area contributed by atoms with Gasteiger partial charge in [0.15, 0.2) is 0 Å². The second-order valence-corrected chi connectivity index (χ2v) is 16.8. The van der Waals surface area contributed by atoms with Gasteiger partial charge in [-0.1, -0.05) is 146 Å². The molecule has 3 aromatic heterocycles. The van der Waals surface area contributed by atoms with Crippen LogP contribution in [0.4, 0.5) is 0 Å². The van der Waals surface area contributed by atoms with Crippen molar-refractivity contribution in [3.8, 4) is 44.5 Å². The van der Waals surface area contributed by atoms with Crippen molar-refractivity contribution in [2.24, 2.45) is 0 Å². The largest absolute Gasteiger partial charge is 0.354 e. The van der Waals surface area contributed by atoms with Crippen molar-refractivity contribution in [1.82, 2.24) is 19.9 Å². The van der Waals surface area contributed by atoms with Crippen LogP contribution in [0.3, 0.4) is 0 Å². The first-order chi connectivity index (χ1) is 31.7. The summed E-state index contributed by atoms with van der Waals surface area (Å²) in [6, 6.07) is 69.8. The highest BCUT2D eigenvalue weighted by Crippen LogP contribution is 2.40. The molecule has 0 fully saturated rings. The van der Waals surface area contributed by atoms with Crippen LogP contribution in [0.25, 0.3) is 134 Å². The molecular formula is C60H38N4. The summed E-state index contributed by atoms with van der Waals surface area (Å²) in [5, 5.41) is 9.50. The van der Waals surface area contributed by atoms with Gasteiger partial charge in [0.05, 0.1) is 22.8 Å². The van der Waals surface area contributed by atoms with Gasteiger partial charge in [0.1, 0.15) is 0 Å². The van der Waals surface area contributed by atoms with E-state index >= 15 is 0 Å². The van der Waals surface area contributed by atoms with E-state index < -0.39 is 0 Å². The van der Waals surface area contributed by atoms with Crippen LogP contribution in [-0.2, 0) is 0 Å². The number of hydrogen-bond acceptors (Lipinski definition) is 2. The van der Waals surface area contributed by atoms with E-state index in [0.29, 0.717) is 0 Å². The molecule has 0 atom stereocenters. The molecule has 4 nitrogen and oxygen atoms in total. The van der Waals surface area contributed by atoms with Crippen LogP contribution in [0, 0.1) is 0 Å².